The van der Waals surface area contributed by atoms with Crippen LogP contribution < -0.4 is 0 Å². The van der Waals surface area contributed by atoms with Gasteiger partial charge in [-0.3, -0.25) is 9.69 Å². The highest BCUT2D eigenvalue weighted by Crippen LogP contribution is 2.25. The number of aromatic nitrogens is 2. The number of ether oxygens (including phenoxy) is 1. The summed E-state index contributed by atoms with van der Waals surface area (Å²) in [5, 5.41) is 11.4. The molecule has 2 aliphatic heterocycles. The largest absolute Gasteiger partial charge is 0.490 e. The first-order valence-electron chi connectivity index (χ1n) is 9.45. The first-order chi connectivity index (χ1) is 14.7. The number of aliphatic carboxylic acids is 1. The topological polar surface area (TPSA) is 95.9 Å². The number of carboxylic acid groups (broad SMARTS) is 1. The zero-order chi connectivity index (χ0) is 22.4. The molecule has 31 heavy (non-hydrogen) atoms. The fourth-order valence-corrected chi connectivity index (χ4v) is 4.12. The number of fused-ring (bicyclic) bond motifs is 1. The van der Waals surface area contributed by atoms with Gasteiger partial charge in [-0.15, -0.1) is 0 Å². The molecule has 0 unspecified atom stereocenters. The lowest BCUT2D eigenvalue weighted by Gasteiger charge is -2.22. The smallest absolute Gasteiger partial charge is 0.475 e. The third-order valence-electron chi connectivity index (χ3n) is 4.89. The van der Waals surface area contributed by atoms with Crippen LogP contribution in [0.5, 0.6) is 0 Å². The Morgan fingerprint density at radius 1 is 1.23 bits per heavy atom. The lowest BCUT2D eigenvalue weighted by Crippen LogP contribution is -2.34. The van der Waals surface area contributed by atoms with Crippen molar-refractivity contribution in [1.29, 1.82) is 0 Å². The molecule has 4 heterocycles. The Kier molecular flexibility index (Phi) is 7.57. The van der Waals surface area contributed by atoms with E-state index in [2.05, 4.69) is 31.7 Å². The molecule has 2 aromatic heterocycles. The number of carbonyl (C=O) groups is 2. The van der Waals surface area contributed by atoms with Crippen molar-refractivity contribution in [3.8, 4) is 0 Å². The number of thiophene rings is 1. The van der Waals surface area contributed by atoms with Gasteiger partial charge in [0, 0.05) is 51.0 Å². The van der Waals surface area contributed by atoms with E-state index < -0.39 is 12.1 Å². The van der Waals surface area contributed by atoms with Gasteiger partial charge in [-0.05, 0) is 28.5 Å². The molecule has 0 aliphatic carbocycles. The van der Waals surface area contributed by atoms with Crippen LogP contribution in [0.2, 0.25) is 0 Å². The van der Waals surface area contributed by atoms with Crippen LogP contribution in [-0.4, -0.2) is 81.8 Å². The van der Waals surface area contributed by atoms with E-state index in [1.807, 2.05) is 4.90 Å². The fourth-order valence-electron chi connectivity index (χ4n) is 3.46. The maximum atomic E-state index is 12.5. The monoisotopic (exact) mass is 458 g/mol. The summed E-state index contributed by atoms with van der Waals surface area (Å²) in [6.07, 6.45) is -1.76. The summed E-state index contributed by atoms with van der Waals surface area (Å²) < 4.78 is 37.8. The molecule has 2 aromatic rings. The predicted octanol–water partition coefficient (Wildman–Crippen LogP) is 2.14. The van der Waals surface area contributed by atoms with E-state index in [9.17, 15) is 18.0 Å². The van der Waals surface area contributed by atoms with Crippen molar-refractivity contribution in [1.82, 2.24) is 19.8 Å². The summed E-state index contributed by atoms with van der Waals surface area (Å²) in [7, 11) is 0. The minimum atomic E-state index is -5.08. The third-order valence-corrected chi connectivity index (χ3v) is 5.62. The average Bonchev–Trinajstić information content (AvgIpc) is 3.34. The number of hydrogen-bond acceptors (Lipinski definition) is 7. The highest BCUT2D eigenvalue weighted by molar-refractivity contribution is 7.07. The lowest BCUT2D eigenvalue weighted by molar-refractivity contribution is -0.192. The van der Waals surface area contributed by atoms with Gasteiger partial charge in [0.05, 0.1) is 12.7 Å². The van der Waals surface area contributed by atoms with Crippen molar-refractivity contribution in [2.24, 2.45) is 5.92 Å². The minimum Gasteiger partial charge on any atom is -0.475 e. The van der Waals surface area contributed by atoms with E-state index in [0.717, 1.165) is 26.2 Å². The molecule has 8 nitrogen and oxygen atoms in total. The average molecular weight is 458 g/mol. The zero-order valence-corrected chi connectivity index (χ0v) is 17.2. The zero-order valence-electron chi connectivity index (χ0n) is 16.4. The van der Waals surface area contributed by atoms with Gasteiger partial charge in [0.25, 0.3) is 5.91 Å². The van der Waals surface area contributed by atoms with Crippen LogP contribution in [0, 0.1) is 5.92 Å². The van der Waals surface area contributed by atoms with E-state index in [-0.39, 0.29) is 17.8 Å². The lowest BCUT2D eigenvalue weighted by atomic mass is 10.1. The quantitative estimate of drug-likeness (QED) is 0.753. The van der Waals surface area contributed by atoms with Gasteiger partial charge in [0.1, 0.15) is 0 Å². The molecule has 0 spiro atoms. The van der Waals surface area contributed by atoms with Crippen LogP contribution >= 0.6 is 11.3 Å². The highest BCUT2D eigenvalue weighted by atomic mass is 32.1. The molecule has 4 rings (SSSR count). The number of carboxylic acids is 1. The second kappa shape index (κ2) is 10.2. The van der Waals surface area contributed by atoms with Crippen LogP contribution in [0.15, 0.2) is 35.3 Å². The van der Waals surface area contributed by atoms with E-state index in [1.54, 1.807) is 29.8 Å². The molecule has 1 amide bonds. The summed E-state index contributed by atoms with van der Waals surface area (Å²) in [5.74, 6) is -2.24. The van der Waals surface area contributed by atoms with E-state index in [4.69, 9.17) is 14.6 Å². The second-order valence-corrected chi connectivity index (χ2v) is 7.90. The minimum absolute atomic E-state index is 0.100. The summed E-state index contributed by atoms with van der Waals surface area (Å²) in [5.41, 5.74) is 1.35. The Morgan fingerprint density at radius 3 is 2.55 bits per heavy atom. The molecular weight excluding hydrogens is 437 g/mol. The van der Waals surface area contributed by atoms with Crippen molar-refractivity contribution in [3.63, 3.8) is 0 Å². The number of hydrogen-bond donors (Lipinski definition) is 1. The van der Waals surface area contributed by atoms with Crippen molar-refractivity contribution in [3.05, 3.63) is 46.7 Å². The van der Waals surface area contributed by atoms with Gasteiger partial charge in [-0.1, -0.05) is 0 Å². The molecule has 0 saturated carbocycles. The number of carbonyl (C=O) groups excluding carboxylic acids is 1. The van der Waals surface area contributed by atoms with Crippen LogP contribution in [0.4, 0.5) is 13.2 Å². The van der Waals surface area contributed by atoms with Gasteiger partial charge in [-0.25, -0.2) is 14.8 Å². The molecule has 2 saturated heterocycles. The Bertz CT molecular complexity index is 867. The number of amides is 1. The number of rotatable bonds is 3. The third kappa shape index (κ3) is 6.45. The van der Waals surface area contributed by atoms with Crippen LogP contribution in [0.3, 0.4) is 0 Å². The van der Waals surface area contributed by atoms with Crippen molar-refractivity contribution >= 4 is 23.2 Å². The van der Waals surface area contributed by atoms with E-state index >= 15 is 0 Å². The molecule has 0 aromatic carbocycles. The molecular formula is C19H21F3N4O4S. The number of likely N-dealkylation sites (tertiary alicyclic amines) is 1. The Hall–Kier alpha value is -2.57. The Labute approximate surface area is 180 Å². The van der Waals surface area contributed by atoms with E-state index in [1.165, 1.54) is 5.56 Å². The summed E-state index contributed by atoms with van der Waals surface area (Å²) in [6.45, 7) is 4.91. The van der Waals surface area contributed by atoms with Crippen molar-refractivity contribution in [2.75, 3.05) is 32.8 Å². The first-order valence-corrected chi connectivity index (χ1v) is 10.4. The molecule has 0 radical (unpaired) electrons. The molecule has 2 atom stereocenters. The Morgan fingerprint density at radius 2 is 1.94 bits per heavy atom. The predicted molar refractivity (Wildman–Crippen MR) is 104 cm³/mol. The summed E-state index contributed by atoms with van der Waals surface area (Å²) >= 11 is 1.73. The molecule has 1 N–H and O–H groups in total. The maximum Gasteiger partial charge on any atom is 0.490 e. The van der Waals surface area contributed by atoms with Gasteiger partial charge >= 0.3 is 12.1 Å². The van der Waals surface area contributed by atoms with Gasteiger partial charge in [0.2, 0.25) is 5.82 Å². The maximum absolute atomic E-state index is 12.5. The molecule has 2 fully saturated rings. The summed E-state index contributed by atoms with van der Waals surface area (Å²) in [4.78, 5) is 33.8. The van der Waals surface area contributed by atoms with Gasteiger partial charge in [0.15, 0.2) is 0 Å². The van der Waals surface area contributed by atoms with Gasteiger partial charge < -0.3 is 14.7 Å². The van der Waals surface area contributed by atoms with E-state index in [0.29, 0.717) is 19.0 Å². The second-order valence-electron chi connectivity index (χ2n) is 7.12. The normalized spacial score (nSPS) is 21.6. The SMILES string of the molecule is O=C(O)C(F)(F)F.O=C(c1ncccn1)N1C[C@@H]2CN(Cc3ccsc3)CCO[C@@H]2C1. The van der Waals surface area contributed by atoms with Crippen molar-refractivity contribution < 1.29 is 32.6 Å². The fraction of sp³-hybridized carbons (Fsp3) is 0.474. The number of alkyl halides is 3. The highest BCUT2D eigenvalue weighted by Gasteiger charge is 2.39. The van der Waals surface area contributed by atoms with Crippen LogP contribution in [0.25, 0.3) is 0 Å². The van der Waals surface area contributed by atoms with Gasteiger partial charge in [-0.2, -0.15) is 24.5 Å². The first kappa shape index (κ1) is 23.1. The number of halogens is 3. The van der Waals surface area contributed by atoms with Crippen LogP contribution in [0.1, 0.15) is 16.2 Å². The number of nitrogens with zero attached hydrogens (tertiary/aromatic N) is 4. The molecule has 168 valence electrons. The van der Waals surface area contributed by atoms with Crippen LogP contribution in [-0.2, 0) is 16.1 Å². The summed E-state index contributed by atoms with van der Waals surface area (Å²) in [6, 6.07) is 3.89. The Balaban J connectivity index is 0.000000339. The molecule has 12 heteroatoms. The molecule has 0 bridgehead atoms. The standard InChI is InChI=1S/C17H20N4O2S.C2HF3O2/c22-17(16-18-3-1-4-19-16)21-10-14-9-20(5-6-23-15(14)11-21)8-13-2-7-24-12-13;3-2(4,5)1(6)7/h1-4,7,12,14-15H,5-6,8-11H2;(H,6,7)/t14-,15+;/m0./s1. The van der Waals surface area contributed by atoms with Crippen molar-refractivity contribution in [2.45, 2.75) is 18.8 Å². The molecule has 2 aliphatic rings.